The van der Waals surface area contributed by atoms with Gasteiger partial charge in [-0.1, -0.05) is 12.1 Å². The minimum absolute atomic E-state index is 0.178. The summed E-state index contributed by atoms with van der Waals surface area (Å²) in [5, 5.41) is 9.40. The molecular weight excluding hydrogens is 240 g/mol. The number of benzene rings is 1. The molecule has 0 amide bonds. The van der Waals surface area contributed by atoms with E-state index < -0.39 is 6.61 Å². The van der Waals surface area contributed by atoms with Crippen LogP contribution in [0.15, 0.2) is 24.3 Å². The maximum atomic E-state index is 12.0. The van der Waals surface area contributed by atoms with Gasteiger partial charge in [0.15, 0.2) is 0 Å². The molecule has 0 bridgehead atoms. The van der Waals surface area contributed by atoms with E-state index in [1.54, 1.807) is 24.3 Å². The zero-order chi connectivity index (χ0) is 13.0. The second-order valence-electron chi connectivity index (χ2n) is 4.53. The van der Waals surface area contributed by atoms with Crippen LogP contribution in [0.25, 0.3) is 0 Å². The summed E-state index contributed by atoms with van der Waals surface area (Å²) in [5.74, 6) is 0.183. The molecule has 0 spiro atoms. The van der Waals surface area contributed by atoms with Crippen molar-refractivity contribution in [3.8, 4) is 5.75 Å². The molecule has 1 heterocycles. The molecule has 0 radical (unpaired) electrons. The van der Waals surface area contributed by atoms with Crippen LogP contribution >= 0.6 is 0 Å². The lowest BCUT2D eigenvalue weighted by Gasteiger charge is -2.29. The SMILES string of the molecule is OC1CCN(Cc2ccc(OC(F)F)cc2)CC1. The fourth-order valence-corrected chi connectivity index (χ4v) is 2.11. The van der Waals surface area contributed by atoms with Crippen LogP contribution in [0.1, 0.15) is 18.4 Å². The lowest BCUT2D eigenvalue weighted by Crippen LogP contribution is -2.35. The van der Waals surface area contributed by atoms with E-state index in [2.05, 4.69) is 9.64 Å². The summed E-state index contributed by atoms with van der Waals surface area (Å²) in [6.07, 6.45) is 1.42. The highest BCUT2D eigenvalue weighted by molar-refractivity contribution is 5.27. The molecule has 1 aliphatic heterocycles. The summed E-state index contributed by atoms with van der Waals surface area (Å²) in [5.41, 5.74) is 1.06. The number of nitrogens with zero attached hydrogens (tertiary/aromatic N) is 1. The van der Waals surface area contributed by atoms with Crippen molar-refractivity contribution in [3.05, 3.63) is 29.8 Å². The van der Waals surface area contributed by atoms with Gasteiger partial charge in [-0.15, -0.1) is 0 Å². The molecule has 0 aromatic heterocycles. The Labute approximate surface area is 105 Å². The van der Waals surface area contributed by atoms with Crippen molar-refractivity contribution in [1.29, 1.82) is 0 Å². The van der Waals surface area contributed by atoms with Crippen LogP contribution in [-0.4, -0.2) is 35.8 Å². The van der Waals surface area contributed by atoms with Crippen LogP contribution in [0.2, 0.25) is 0 Å². The van der Waals surface area contributed by atoms with Crippen molar-refractivity contribution in [2.75, 3.05) is 13.1 Å². The summed E-state index contributed by atoms with van der Waals surface area (Å²) in [7, 11) is 0. The maximum Gasteiger partial charge on any atom is 0.387 e. The van der Waals surface area contributed by atoms with Crippen LogP contribution in [-0.2, 0) is 6.54 Å². The van der Waals surface area contributed by atoms with Gasteiger partial charge in [0.2, 0.25) is 0 Å². The van der Waals surface area contributed by atoms with Crippen LogP contribution < -0.4 is 4.74 Å². The van der Waals surface area contributed by atoms with Gasteiger partial charge in [-0.2, -0.15) is 8.78 Å². The monoisotopic (exact) mass is 257 g/mol. The summed E-state index contributed by atoms with van der Waals surface area (Å²) >= 11 is 0. The lowest BCUT2D eigenvalue weighted by atomic mass is 10.1. The van der Waals surface area contributed by atoms with E-state index in [4.69, 9.17) is 0 Å². The second kappa shape index (κ2) is 6.11. The second-order valence-corrected chi connectivity index (χ2v) is 4.53. The average molecular weight is 257 g/mol. The number of likely N-dealkylation sites (tertiary alicyclic amines) is 1. The standard InChI is InChI=1S/C13H17F2NO2/c14-13(15)18-12-3-1-10(2-4-12)9-16-7-5-11(17)6-8-16/h1-4,11,13,17H,5-9H2. The van der Waals surface area contributed by atoms with Crippen molar-refractivity contribution in [1.82, 2.24) is 4.90 Å². The molecule has 0 saturated carbocycles. The molecule has 5 heteroatoms. The van der Waals surface area contributed by atoms with Gasteiger partial charge in [-0.3, -0.25) is 4.90 Å². The molecular formula is C13H17F2NO2. The van der Waals surface area contributed by atoms with Crippen molar-refractivity contribution in [2.24, 2.45) is 0 Å². The third kappa shape index (κ3) is 3.92. The minimum atomic E-state index is -2.78. The first-order chi connectivity index (χ1) is 8.63. The van der Waals surface area contributed by atoms with Gasteiger partial charge in [-0.25, -0.2) is 0 Å². The molecule has 3 nitrogen and oxygen atoms in total. The summed E-state index contributed by atoms with van der Waals surface area (Å²) in [6.45, 7) is -0.256. The van der Waals surface area contributed by atoms with E-state index in [1.165, 1.54) is 0 Å². The highest BCUT2D eigenvalue weighted by Crippen LogP contribution is 2.18. The number of aliphatic hydroxyl groups is 1. The number of ether oxygens (including phenoxy) is 1. The number of alkyl halides is 2. The molecule has 1 aromatic carbocycles. The van der Waals surface area contributed by atoms with E-state index >= 15 is 0 Å². The van der Waals surface area contributed by atoms with E-state index in [0.717, 1.165) is 38.0 Å². The molecule has 0 atom stereocenters. The number of aliphatic hydroxyl groups excluding tert-OH is 1. The molecule has 100 valence electrons. The fraction of sp³-hybridized carbons (Fsp3) is 0.538. The minimum Gasteiger partial charge on any atom is -0.435 e. The zero-order valence-corrected chi connectivity index (χ0v) is 10.1. The van der Waals surface area contributed by atoms with Crippen LogP contribution in [0.3, 0.4) is 0 Å². The van der Waals surface area contributed by atoms with Gasteiger partial charge in [0.25, 0.3) is 0 Å². The normalized spacial score (nSPS) is 18.2. The third-order valence-corrected chi connectivity index (χ3v) is 3.11. The smallest absolute Gasteiger partial charge is 0.387 e. The summed E-state index contributed by atoms with van der Waals surface area (Å²) < 4.78 is 28.2. The Morgan fingerprint density at radius 3 is 2.39 bits per heavy atom. The molecule has 0 unspecified atom stereocenters. The Morgan fingerprint density at radius 1 is 1.22 bits per heavy atom. The number of rotatable bonds is 4. The topological polar surface area (TPSA) is 32.7 Å². The number of piperidine rings is 1. The Kier molecular flexibility index (Phi) is 4.49. The molecule has 18 heavy (non-hydrogen) atoms. The van der Waals surface area contributed by atoms with Gasteiger partial charge in [-0.05, 0) is 30.5 Å². The molecule has 1 fully saturated rings. The summed E-state index contributed by atoms with van der Waals surface area (Å²) in [6, 6.07) is 6.70. The molecule has 2 rings (SSSR count). The van der Waals surface area contributed by atoms with Crippen molar-refractivity contribution in [2.45, 2.75) is 32.1 Å². The average Bonchev–Trinajstić information content (AvgIpc) is 2.34. The van der Waals surface area contributed by atoms with Crippen molar-refractivity contribution < 1.29 is 18.6 Å². The highest BCUT2D eigenvalue weighted by Gasteiger charge is 2.16. The Bertz CT molecular complexity index is 362. The molecule has 1 aliphatic rings. The summed E-state index contributed by atoms with van der Waals surface area (Å²) in [4.78, 5) is 2.25. The van der Waals surface area contributed by atoms with E-state index in [-0.39, 0.29) is 11.9 Å². The van der Waals surface area contributed by atoms with Gasteiger partial charge < -0.3 is 9.84 Å². The number of halogens is 2. The van der Waals surface area contributed by atoms with Crippen LogP contribution in [0.5, 0.6) is 5.75 Å². The lowest BCUT2D eigenvalue weighted by molar-refractivity contribution is -0.0498. The van der Waals surface area contributed by atoms with Gasteiger partial charge in [0, 0.05) is 19.6 Å². The molecule has 0 aliphatic carbocycles. The van der Waals surface area contributed by atoms with Gasteiger partial charge >= 0.3 is 6.61 Å². The van der Waals surface area contributed by atoms with Crippen LogP contribution in [0.4, 0.5) is 8.78 Å². The largest absolute Gasteiger partial charge is 0.435 e. The first-order valence-corrected chi connectivity index (χ1v) is 6.07. The molecule has 1 N–H and O–H groups in total. The number of hydrogen-bond donors (Lipinski definition) is 1. The van der Waals surface area contributed by atoms with Crippen molar-refractivity contribution >= 4 is 0 Å². The van der Waals surface area contributed by atoms with Crippen molar-refractivity contribution in [3.63, 3.8) is 0 Å². The fourth-order valence-electron chi connectivity index (χ4n) is 2.11. The van der Waals surface area contributed by atoms with E-state index in [1.807, 2.05) is 0 Å². The van der Waals surface area contributed by atoms with Crippen LogP contribution in [0, 0.1) is 0 Å². The third-order valence-electron chi connectivity index (χ3n) is 3.11. The first-order valence-electron chi connectivity index (χ1n) is 6.07. The quantitative estimate of drug-likeness (QED) is 0.898. The number of hydrogen-bond acceptors (Lipinski definition) is 3. The Balaban J connectivity index is 1.86. The van der Waals surface area contributed by atoms with E-state index in [9.17, 15) is 13.9 Å². The molecule has 1 aromatic rings. The highest BCUT2D eigenvalue weighted by atomic mass is 19.3. The molecule has 1 saturated heterocycles. The van der Waals surface area contributed by atoms with E-state index in [0.29, 0.717) is 0 Å². The maximum absolute atomic E-state index is 12.0. The predicted molar refractivity (Wildman–Crippen MR) is 63.6 cm³/mol. The Hall–Kier alpha value is -1.20. The zero-order valence-electron chi connectivity index (χ0n) is 10.1. The van der Waals surface area contributed by atoms with Gasteiger partial charge in [0.1, 0.15) is 5.75 Å². The van der Waals surface area contributed by atoms with Gasteiger partial charge in [0.05, 0.1) is 6.10 Å². The first kappa shape index (κ1) is 13.2. The predicted octanol–water partition coefficient (Wildman–Crippen LogP) is 2.24. The Morgan fingerprint density at radius 2 is 1.83 bits per heavy atom.